The van der Waals surface area contributed by atoms with Crippen molar-refractivity contribution < 1.29 is 14.3 Å². The molecule has 9 heteroatoms. The average molecular weight is 604 g/mol. The van der Waals surface area contributed by atoms with Gasteiger partial charge < -0.3 is 9.47 Å². The Morgan fingerprint density at radius 2 is 1.75 bits per heavy atom. The molecule has 0 heterocycles. The Kier molecular flexibility index (Phi) is 9.04. The summed E-state index contributed by atoms with van der Waals surface area (Å²) in [6, 6.07) is 15.5. The van der Waals surface area contributed by atoms with Gasteiger partial charge in [0.1, 0.15) is 6.61 Å². The molecular formula is C23H18Cl3IN2O3. The number of nitrogens with zero attached hydrogens (tertiary/aromatic N) is 1. The van der Waals surface area contributed by atoms with Crippen molar-refractivity contribution in [3.8, 4) is 11.5 Å². The summed E-state index contributed by atoms with van der Waals surface area (Å²) in [5, 5.41) is 5.70. The van der Waals surface area contributed by atoms with E-state index in [9.17, 15) is 4.79 Å². The smallest absolute Gasteiger partial charge is 0.271 e. The van der Waals surface area contributed by atoms with Gasteiger partial charge in [0.15, 0.2) is 11.5 Å². The minimum absolute atomic E-state index is 0.261. The summed E-state index contributed by atoms with van der Waals surface area (Å²) in [7, 11) is 0. The van der Waals surface area contributed by atoms with Crippen LogP contribution in [0.1, 0.15) is 28.4 Å². The predicted molar refractivity (Wildman–Crippen MR) is 138 cm³/mol. The van der Waals surface area contributed by atoms with E-state index in [0.29, 0.717) is 38.7 Å². The number of amides is 1. The molecule has 3 aromatic carbocycles. The van der Waals surface area contributed by atoms with Crippen LogP contribution in [0.5, 0.6) is 11.5 Å². The Hall–Kier alpha value is -2.00. The van der Waals surface area contributed by atoms with E-state index in [-0.39, 0.29) is 12.5 Å². The topological polar surface area (TPSA) is 59.9 Å². The molecule has 1 amide bonds. The highest BCUT2D eigenvalue weighted by Gasteiger charge is 2.13. The largest absolute Gasteiger partial charge is 0.490 e. The fourth-order valence-electron chi connectivity index (χ4n) is 2.69. The zero-order valence-corrected chi connectivity index (χ0v) is 21.3. The molecule has 0 aliphatic heterocycles. The Morgan fingerprint density at radius 3 is 2.44 bits per heavy atom. The Bertz CT molecular complexity index is 1140. The molecule has 0 aromatic heterocycles. The number of ether oxygens (including phenoxy) is 2. The molecule has 0 spiro atoms. The highest BCUT2D eigenvalue weighted by atomic mass is 127. The van der Waals surface area contributed by atoms with Crippen LogP contribution in [0.25, 0.3) is 0 Å². The van der Waals surface area contributed by atoms with E-state index in [1.54, 1.807) is 48.7 Å². The highest BCUT2D eigenvalue weighted by Crippen LogP contribution is 2.35. The quantitative estimate of drug-likeness (QED) is 0.172. The van der Waals surface area contributed by atoms with Crippen LogP contribution in [0.3, 0.4) is 0 Å². The van der Waals surface area contributed by atoms with Crippen LogP contribution < -0.4 is 14.9 Å². The molecule has 0 radical (unpaired) electrons. The number of hydrogen-bond donors (Lipinski definition) is 1. The molecule has 5 nitrogen and oxygen atoms in total. The van der Waals surface area contributed by atoms with Crippen LogP contribution in [0, 0.1) is 3.57 Å². The van der Waals surface area contributed by atoms with Crippen molar-refractivity contribution in [3.05, 3.63) is 89.9 Å². The zero-order chi connectivity index (χ0) is 23.1. The maximum atomic E-state index is 12.2. The first-order valence-electron chi connectivity index (χ1n) is 9.49. The van der Waals surface area contributed by atoms with Crippen molar-refractivity contribution >= 4 is 69.5 Å². The fourth-order valence-corrected chi connectivity index (χ4v) is 4.06. The molecule has 0 aliphatic carbocycles. The lowest BCUT2D eigenvalue weighted by molar-refractivity contribution is 0.0955. The van der Waals surface area contributed by atoms with E-state index in [4.69, 9.17) is 44.3 Å². The number of nitrogens with one attached hydrogen (secondary N) is 1. The van der Waals surface area contributed by atoms with Gasteiger partial charge in [0.05, 0.1) is 16.4 Å². The van der Waals surface area contributed by atoms with Crippen molar-refractivity contribution in [1.82, 2.24) is 5.43 Å². The number of halogens is 4. The lowest BCUT2D eigenvalue weighted by Crippen LogP contribution is -2.17. The fraction of sp³-hybridized carbons (Fsp3) is 0.130. The highest BCUT2D eigenvalue weighted by molar-refractivity contribution is 14.1. The molecule has 3 rings (SSSR count). The summed E-state index contributed by atoms with van der Waals surface area (Å²) in [5.41, 5.74) is 4.51. The normalized spacial score (nSPS) is 10.9. The molecule has 1 N–H and O–H groups in total. The molecule has 32 heavy (non-hydrogen) atoms. The third kappa shape index (κ3) is 6.75. The van der Waals surface area contributed by atoms with Crippen LogP contribution in [-0.2, 0) is 6.61 Å². The van der Waals surface area contributed by atoms with Crippen LogP contribution >= 0.6 is 57.4 Å². The van der Waals surface area contributed by atoms with Crippen LogP contribution in [0.4, 0.5) is 0 Å². The molecule has 0 saturated carbocycles. The Morgan fingerprint density at radius 1 is 1.03 bits per heavy atom. The second-order valence-electron chi connectivity index (χ2n) is 6.49. The van der Waals surface area contributed by atoms with Gasteiger partial charge in [0.2, 0.25) is 0 Å². The predicted octanol–water partition coefficient (Wildman–Crippen LogP) is 6.99. The minimum Gasteiger partial charge on any atom is -0.490 e. The molecule has 0 fully saturated rings. The second kappa shape index (κ2) is 11.7. The number of benzene rings is 3. The van der Waals surface area contributed by atoms with Crippen LogP contribution in [0.15, 0.2) is 59.7 Å². The van der Waals surface area contributed by atoms with Gasteiger partial charge in [-0.15, -0.1) is 0 Å². The van der Waals surface area contributed by atoms with E-state index in [2.05, 4.69) is 33.1 Å². The van der Waals surface area contributed by atoms with Crippen molar-refractivity contribution in [3.63, 3.8) is 0 Å². The number of carbonyl (C=O) groups is 1. The summed E-state index contributed by atoms with van der Waals surface area (Å²) >= 11 is 20.2. The van der Waals surface area contributed by atoms with Crippen molar-refractivity contribution in [2.75, 3.05) is 6.61 Å². The summed E-state index contributed by atoms with van der Waals surface area (Å²) in [6.45, 7) is 2.61. The molecule has 0 bridgehead atoms. The minimum atomic E-state index is -0.336. The van der Waals surface area contributed by atoms with Gasteiger partial charge in [-0.25, -0.2) is 5.43 Å². The summed E-state index contributed by atoms with van der Waals surface area (Å²) < 4.78 is 12.6. The number of hydrogen-bond acceptors (Lipinski definition) is 4. The van der Waals surface area contributed by atoms with Gasteiger partial charge in [-0.2, -0.15) is 5.10 Å². The molecule has 3 aromatic rings. The van der Waals surface area contributed by atoms with E-state index in [1.165, 1.54) is 0 Å². The van der Waals surface area contributed by atoms with Crippen LogP contribution in [-0.4, -0.2) is 18.7 Å². The van der Waals surface area contributed by atoms with E-state index >= 15 is 0 Å². The van der Waals surface area contributed by atoms with Crippen molar-refractivity contribution in [2.45, 2.75) is 13.5 Å². The molecule has 166 valence electrons. The maximum absolute atomic E-state index is 12.2. The molecule has 0 unspecified atom stereocenters. The van der Waals surface area contributed by atoms with E-state index < -0.39 is 0 Å². The third-order valence-electron chi connectivity index (χ3n) is 4.20. The van der Waals surface area contributed by atoms with Gasteiger partial charge in [-0.1, -0.05) is 40.9 Å². The third-order valence-corrected chi connectivity index (χ3v) is 5.85. The van der Waals surface area contributed by atoms with Gasteiger partial charge in [0, 0.05) is 26.2 Å². The first-order chi connectivity index (χ1) is 15.4. The van der Waals surface area contributed by atoms with Crippen molar-refractivity contribution in [1.29, 1.82) is 0 Å². The standard InChI is InChI=1S/C23H18Cl3IN2O3/c1-2-31-21-10-14(12-28-29-23(30)15-3-6-17(24)7-4-15)9-20(27)22(21)32-13-16-5-8-18(25)11-19(16)26/h3-12H,2,13H2,1H3,(H,29,30)/b28-12+. The first kappa shape index (κ1) is 24.6. The number of hydrazone groups is 1. The van der Waals surface area contributed by atoms with Gasteiger partial charge in [0.25, 0.3) is 5.91 Å². The molecule has 0 atom stereocenters. The second-order valence-corrected chi connectivity index (χ2v) is 8.94. The number of rotatable bonds is 8. The van der Waals surface area contributed by atoms with E-state index in [0.717, 1.165) is 14.7 Å². The molecule has 0 saturated heterocycles. The van der Waals surface area contributed by atoms with E-state index in [1.807, 2.05) is 19.1 Å². The SMILES string of the molecule is CCOc1cc(/C=N/NC(=O)c2ccc(Cl)cc2)cc(I)c1OCc1ccc(Cl)cc1Cl. The lowest BCUT2D eigenvalue weighted by atomic mass is 10.2. The zero-order valence-electron chi connectivity index (χ0n) is 16.9. The van der Waals surface area contributed by atoms with Crippen LogP contribution in [0.2, 0.25) is 15.1 Å². The Balaban J connectivity index is 1.73. The van der Waals surface area contributed by atoms with Gasteiger partial charge in [-0.3, -0.25) is 4.79 Å². The first-order valence-corrected chi connectivity index (χ1v) is 11.7. The molecule has 0 aliphatic rings. The van der Waals surface area contributed by atoms with Gasteiger partial charge in [-0.05, 0) is 83.6 Å². The van der Waals surface area contributed by atoms with Crippen molar-refractivity contribution in [2.24, 2.45) is 5.10 Å². The Labute approximate surface area is 214 Å². The number of carbonyl (C=O) groups excluding carboxylic acids is 1. The summed E-state index contributed by atoms with van der Waals surface area (Å²) in [5.74, 6) is 0.827. The van der Waals surface area contributed by atoms with Gasteiger partial charge >= 0.3 is 0 Å². The summed E-state index contributed by atoms with van der Waals surface area (Å²) in [6.07, 6.45) is 1.54. The monoisotopic (exact) mass is 602 g/mol. The molecular weight excluding hydrogens is 586 g/mol. The summed E-state index contributed by atoms with van der Waals surface area (Å²) in [4.78, 5) is 12.2. The lowest BCUT2D eigenvalue weighted by Gasteiger charge is -2.15. The average Bonchev–Trinajstić information content (AvgIpc) is 2.75. The maximum Gasteiger partial charge on any atom is 0.271 e.